The van der Waals surface area contributed by atoms with E-state index in [1.165, 1.54) is 0 Å². The van der Waals surface area contributed by atoms with Crippen LogP contribution in [0.3, 0.4) is 0 Å². The second kappa shape index (κ2) is 4.97. The van der Waals surface area contributed by atoms with Crippen LogP contribution in [0.15, 0.2) is 29.7 Å². The molecule has 2 rings (SSSR count). The standard InChI is InChI=1S/C13H14F3NS/c1-8(17)9-2-4-10(5-3-9)11-6-12(18-7-11)13(14,15)16/h2-5,7-8,12H,6,17H2,1H3. The van der Waals surface area contributed by atoms with Crippen LogP contribution in [0.4, 0.5) is 13.2 Å². The van der Waals surface area contributed by atoms with Gasteiger partial charge in [0.2, 0.25) is 0 Å². The Kier molecular flexibility index (Phi) is 3.73. The Labute approximate surface area is 108 Å². The van der Waals surface area contributed by atoms with E-state index in [2.05, 4.69) is 0 Å². The highest BCUT2D eigenvalue weighted by Gasteiger charge is 2.42. The van der Waals surface area contributed by atoms with Crippen molar-refractivity contribution in [1.82, 2.24) is 0 Å². The number of alkyl halides is 3. The molecule has 0 aromatic heterocycles. The van der Waals surface area contributed by atoms with Crippen molar-refractivity contribution < 1.29 is 13.2 Å². The lowest BCUT2D eigenvalue weighted by molar-refractivity contribution is -0.127. The summed E-state index contributed by atoms with van der Waals surface area (Å²) in [5.41, 5.74) is 8.31. The number of nitrogens with two attached hydrogens (primary N) is 1. The molecule has 0 spiro atoms. The monoisotopic (exact) mass is 273 g/mol. The van der Waals surface area contributed by atoms with Gasteiger partial charge in [-0.3, -0.25) is 0 Å². The Morgan fingerprint density at radius 3 is 2.33 bits per heavy atom. The van der Waals surface area contributed by atoms with E-state index in [1.54, 1.807) is 5.41 Å². The molecule has 0 saturated carbocycles. The van der Waals surface area contributed by atoms with Crippen LogP contribution in [-0.2, 0) is 0 Å². The molecule has 0 aliphatic carbocycles. The van der Waals surface area contributed by atoms with Crippen LogP contribution >= 0.6 is 11.8 Å². The van der Waals surface area contributed by atoms with Crippen LogP contribution in [0.25, 0.3) is 5.57 Å². The maximum absolute atomic E-state index is 12.5. The Morgan fingerprint density at radius 1 is 1.28 bits per heavy atom. The molecular formula is C13H14F3NS. The third-order valence-corrected chi connectivity index (χ3v) is 4.14. The molecule has 5 heteroatoms. The van der Waals surface area contributed by atoms with E-state index in [4.69, 9.17) is 5.73 Å². The summed E-state index contributed by atoms with van der Waals surface area (Å²) in [5, 5.41) is 0.305. The minimum absolute atomic E-state index is 0.0473. The predicted molar refractivity (Wildman–Crippen MR) is 69.1 cm³/mol. The van der Waals surface area contributed by atoms with Crippen molar-refractivity contribution in [3.05, 3.63) is 40.8 Å². The van der Waals surface area contributed by atoms with Crippen LogP contribution < -0.4 is 5.73 Å². The molecule has 0 radical (unpaired) electrons. The van der Waals surface area contributed by atoms with E-state index in [0.29, 0.717) is 0 Å². The average molecular weight is 273 g/mol. The number of thioether (sulfide) groups is 1. The van der Waals surface area contributed by atoms with E-state index in [9.17, 15) is 13.2 Å². The van der Waals surface area contributed by atoms with Crippen molar-refractivity contribution in [3.8, 4) is 0 Å². The molecule has 2 unspecified atom stereocenters. The molecule has 0 fully saturated rings. The largest absolute Gasteiger partial charge is 0.401 e. The first-order chi connectivity index (χ1) is 8.38. The number of hydrogen-bond donors (Lipinski definition) is 1. The number of halogens is 3. The maximum atomic E-state index is 12.5. The van der Waals surface area contributed by atoms with Crippen LogP contribution in [0, 0.1) is 0 Å². The summed E-state index contributed by atoms with van der Waals surface area (Å²) in [7, 11) is 0. The number of hydrogen-bond acceptors (Lipinski definition) is 2. The fourth-order valence-corrected chi connectivity index (χ4v) is 2.83. The molecular weight excluding hydrogens is 259 g/mol. The fourth-order valence-electron chi connectivity index (χ4n) is 1.84. The SMILES string of the molecule is CC(N)c1ccc(C2=CSC(C(F)(F)F)C2)cc1. The molecule has 0 saturated heterocycles. The van der Waals surface area contributed by atoms with Crippen molar-refractivity contribution in [3.63, 3.8) is 0 Å². The minimum Gasteiger partial charge on any atom is -0.324 e. The van der Waals surface area contributed by atoms with Gasteiger partial charge >= 0.3 is 6.18 Å². The molecule has 1 aliphatic rings. The van der Waals surface area contributed by atoms with E-state index < -0.39 is 11.4 Å². The van der Waals surface area contributed by atoms with E-state index in [1.807, 2.05) is 31.2 Å². The van der Waals surface area contributed by atoms with E-state index in [0.717, 1.165) is 28.5 Å². The topological polar surface area (TPSA) is 26.0 Å². The fraction of sp³-hybridized carbons (Fsp3) is 0.385. The summed E-state index contributed by atoms with van der Waals surface area (Å²) in [5.74, 6) is 0. The van der Waals surface area contributed by atoms with E-state index >= 15 is 0 Å². The van der Waals surface area contributed by atoms with Crippen LogP contribution in [-0.4, -0.2) is 11.4 Å². The normalized spacial score (nSPS) is 21.8. The first kappa shape index (κ1) is 13.5. The Bertz CT molecular complexity index is 448. The van der Waals surface area contributed by atoms with Gasteiger partial charge in [-0.25, -0.2) is 0 Å². The third kappa shape index (κ3) is 2.90. The van der Waals surface area contributed by atoms with Crippen LogP contribution in [0.2, 0.25) is 0 Å². The lowest BCUT2D eigenvalue weighted by Crippen LogP contribution is -2.23. The van der Waals surface area contributed by atoms with Gasteiger partial charge in [-0.2, -0.15) is 13.2 Å². The predicted octanol–water partition coefficient (Wildman–Crippen LogP) is 4.12. The molecule has 0 amide bonds. The van der Waals surface area contributed by atoms with Crippen LogP contribution in [0.1, 0.15) is 30.5 Å². The van der Waals surface area contributed by atoms with Gasteiger partial charge in [0.15, 0.2) is 0 Å². The zero-order valence-corrected chi connectivity index (χ0v) is 10.7. The van der Waals surface area contributed by atoms with Crippen molar-refractivity contribution >= 4 is 17.3 Å². The molecule has 0 bridgehead atoms. The smallest absolute Gasteiger partial charge is 0.324 e. The molecule has 2 atom stereocenters. The summed E-state index contributed by atoms with van der Waals surface area (Å²) in [6.07, 6.45) is -4.08. The van der Waals surface area contributed by atoms with Gasteiger partial charge in [0.1, 0.15) is 5.25 Å². The highest BCUT2D eigenvalue weighted by atomic mass is 32.2. The highest BCUT2D eigenvalue weighted by molar-refractivity contribution is 8.03. The molecule has 98 valence electrons. The second-order valence-electron chi connectivity index (χ2n) is 4.42. The van der Waals surface area contributed by atoms with Gasteiger partial charge in [-0.1, -0.05) is 24.3 Å². The van der Waals surface area contributed by atoms with Crippen molar-refractivity contribution in [2.75, 3.05) is 0 Å². The molecule has 2 N–H and O–H groups in total. The zero-order chi connectivity index (χ0) is 13.3. The number of benzene rings is 1. The summed E-state index contributed by atoms with van der Waals surface area (Å²) >= 11 is 0.851. The lowest BCUT2D eigenvalue weighted by atomic mass is 10.00. The second-order valence-corrected chi connectivity index (χ2v) is 5.50. The van der Waals surface area contributed by atoms with E-state index in [-0.39, 0.29) is 12.5 Å². The van der Waals surface area contributed by atoms with Gasteiger partial charge in [0, 0.05) is 6.04 Å². The molecule has 1 nitrogen and oxygen atoms in total. The lowest BCUT2D eigenvalue weighted by Gasteiger charge is -2.13. The minimum atomic E-state index is -4.13. The first-order valence-electron chi connectivity index (χ1n) is 5.65. The van der Waals surface area contributed by atoms with Gasteiger partial charge < -0.3 is 5.73 Å². The molecule has 1 aliphatic heterocycles. The van der Waals surface area contributed by atoms with Crippen LogP contribution in [0.5, 0.6) is 0 Å². The molecule has 1 heterocycles. The Hall–Kier alpha value is -0.940. The third-order valence-electron chi connectivity index (χ3n) is 2.95. The zero-order valence-electron chi connectivity index (χ0n) is 9.87. The molecule has 1 aromatic carbocycles. The first-order valence-corrected chi connectivity index (χ1v) is 6.59. The summed E-state index contributed by atoms with van der Waals surface area (Å²) in [6, 6.07) is 7.35. The number of allylic oxidation sites excluding steroid dienone is 1. The van der Waals surface area contributed by atoms with Crippen molar-refractivity contribution in [2.45, 2.75) is 30.8 Å². The maximum Gasteiger partial charge on any atom is 0.401 e. The highest BCUT2D eigenvalue weighted by Crippen LogP contribution is 2.44. The average Bonchev–Trinajstić information content (AvgIpc) is 2.78. The van der Waals surface area contributed by atoms with Crippen molar-refractivity contribution in [2.24, 2.45) is 5.73 Å². The quantitative estimate of drug-likeness (QED) is 0.877. The molecule has 18 heavy (non-hydrogen) atoms. The summed E-state index contributed by atoms with van der Waals surface area (Å²) in [6.45, 7) is 1.87. The Morgan fingerprint density at radius 2 is 1.89 bits per heavy atom. The summed E-state index contributed by atoms with van der Waals surface area (Å²) in [4.78, 5) is 0. The number of rotatable bonds is 2. The van der Waals surface area contributed by atoms with Crippen molar-refractivity contribution in [1.29, 1.82) is 0 Å². The summed E-state index contributed by atoms with van der Waals surface area (Å²) < 4.78 is 37.6. The van der Waals surface area contributed by atoms with Gasteiger partial charge in [-0.15, -0.1) is 11.8 Å². The molecule has 1 aromatic rings. The van der Waals surface area contributed by atoms with Gasteiger partial charge in [0.25, 0.3) is 0 Å². The van der Waals surface area contributed by atoms with Gasteiger partial charge in [0.05, 0.1) is 0 Å². The van der Waals surface area contributed by atoms with Gasteiger partial charge in [-0.05, 0) is 35.5 Å². The Balaban J connectivity index is 2.10.